The molecule has 15 heteroatoms. The van der Waals surface area contributed by atoms with Crippen molar-refractivity contribution in [2.75, 3.05) is 6.61 Å². The largest absolute Gasteiger partial charge is 0.527 e. The second-order valence-corrected chi connectivity index (χ2v) is 15.7. The molecule has 0 aromatic heterocycles. The van der Waals surface area contributed by atoms with Crippen LogP contribution < -0.4 is 4.52 Å². The predicted molar refractivity (Wildman–Crippen MR) is 211 cm³/mol. The third-order valence-corrected chi connectivity index (χ3v) is 9.90. The lowest BCUT2D eigenvalue weighted by Crippen LogP contribution is -2.63. The van der Waals surface area contributed by atoms with Crippen molar-refractivity contribution in [2.24, 2.45) is 0 Å². The molecule has 6 rings (SSSR count). The van der Waals surface area contributed by atoms with Crippen LogP contribution in [0.5, 0.6) is 11.5 Å². The van der Waals surface area contributed by atoms with Crippen LogP contribution in [0.15, 0.2) is 140 Å². The van der Waals surface area contributed by atoms with Crippen LogP contribution in [-0.4, -0.2) is 71.2 Å². The van der Waals surface area contributed by atoms with Crippen LogP contribution in [0.2, 0.25) is 0 Å². The molecule has 1 aliphatic rings. The van der Waals surface area contributed by atoms with Gasteiger partial charge in [0.25, 0.3) is 0 Å². The van der Waals surface area contributed by atoms with Crippen molar-refractivity contribution in [1.82, 2.24) is 0 Å². The van der Waals surface area contributed by atoms with Crippen molar-refractivity contribution in [3.8, 4) is 11.5 Å². The first-order valence-electron chi connectivity index (χ1n) is 18.4. The van der Waals surface area contributed by atoms with E-state index >= 15 is 0 Å². The first-order chi connectivity index (χ1) is 28.2. The molecule has 0 aliphatic carbocycles. The molecule has 0 radical (unpaired) electrons. The Morgan fingerprint density at radius 2 is 1.00 bits per heavy atom. The van der Waals surface area contributed by atoms with Crippen molar-refractivity contribution in [3.63, 3.8) is 0 Å². The zero-order valence-electron chi connectivity index (χ0n) is 32.1. The van der Waals surface area contributed by atoms with E-state index in [0.717, 1.165) is 0 Å². The predicted octanol–water partition coefficient (Wildman–Crippen LogP) is 7.44. The van der Waals surface area contributed by atoms with Gasteiger partial charge >= 0.3 is 31.7 Å². The number of phosphoric ester groups is 1. The molecular weight excluding hydrogens is 783 g/mol. The second-order valence-electron chi connectivity index (χ2n) is 14.3. The lowest BCUT2D eigenvalue weighted by molar-refractivity contribution is -0.282. The number of phenolic OH excluding ortho intramolecular Hbond substituents is 1. The molecule has 306 valence electrons. The van der Waals surface area contributed by atoms with Crippen molar-refractivity contribution in [2.45, 2.75) is 56.9 Å². The molecule has 1 heterocycles. The molecule has 0 bridgehead atoms. The van der Waals surface area contributed by atoms with Crippen molar-refractivity contribution in [3.05, 3.63) is 167 Å². The lowest BCUT2D eigenvalue weighted by atomic mass is 9.86. The molecule has 14 nitrogen and oxygen atoms in total. The van der Waals surface area contributed by atoms with Gasteiger partial charge in [-0.3, -0.25) is 9.42 Å². The summed E-state index contributed by atoms with van der Waals surface area (Å²) >= 11 is 0. The average molecular weight is 825 g/mol. The Labute approximate surface area is 339 Å². The molecule has 2 N–H and O–H groups in total. The number of esters is 4. The van der Waals surface area contributed by atoms with Crippen LogP contribution >= 0.6 is 7.82 Å². The van der Waals surface area contributed by atoms with E-state index in [1.165, 1.54) is 66.7 Å². The van der Waals surface area contributed by atoms with Gasteiger partial charge in [-0.05, 0) is 72.1 Å². The Balaban J connectivity index is 1.40. The summed E-state index contributed by atoms with van der Waals surface area (Å²) in [6.07, 6.45) is -8.92. The normalized spacial score (nSPS) is 20.0. The quantitative estimate of drug-likeness (QED) is 0.0676. The average Bonchev–Trinajstić information content (AvgIpc) is 3.23. The number of phenols is 1. The van der Waals surface area contributed by atoms with Gasteiger partial charge < -0.3 is 33.3 Å². The van der Waals surface area contributed by atoms with E-state index in [1.54, 1.807) is 72.8 Å². The zero-order valence-corrected chi connectivity index (χ0v) is 33.0. The third-order valence-electron chi connectivity index (χ3n) is 8.98. The van der Waals surface area contributed by atoms with Crippen LogP contribution in [0.3, 0.4) is 0 Å². The first-order valence-corrected chi connectivity index (χ1v) is 19.9. The Bertz CT molecular complexity index is 2280. The summed E-state index contributed by atoms with van der Waals surface area (Å²) in [6, 6.07) is 35.0. The first kappa shape index (κ1) is 42.3. The Kier molecular flexibility index (Phi) is 13.3. The molecule has 1 fully saturated rings. The highest BCUT2D eigenvalue weighted by molar-refractivity contribution is 7.47. The minimum atomic E-state index is -5.06. The van der Waals surface area contributed by atoms with Gasteiger partial charge in [0, 0.05) is 5.56 Å². The highest BCUT2D eigenvalue weighted by Crippen LogP contribution is 2.46. The number of carbonyl (C=O) groups excluding carboxylic acids is 4. The van der Waals surface area contributed by atoms with Gasteiger partial charge in [0.1, 0.15) is 17.6 Å². The van der Waals surface area contributed by atoms with Gasteiger partial charge in [-0.2, -0.15) is 0 Å². The molecule has 5 aromatic rings. The summed E-state index contributed by atoms with van der Waals surface area (Å²) in [5, 5.41) is 10.4. The smallest absolute Gasteiger partial charge is 0.508 e. The minimum Gasteiger partial charge on any atom is -0.508 e. The number of benzene rings is 5. The van der Waals surface area contributed by atoms with Gasteiger partial charge in [-0.15, -0.1) is 0 Å². The van der Waals surface area contributed by atoms with Crippen LogP contribution in [0.4, 0.5) is 0 Å². The molecule has 1 saturated heterocycles. The molecular formula is C44H41O14P. The highest BCUT2D eigenvalue weighted by Gasteiger charge is 2.55. The van der Waals surface area contributed by atoms with Gasteiger partial charge in [-0.1, -0.05) is 93.6 Å². The van der Waals surface area contributed by atoms with E-state index < -0.39 is 74.4 Å². The zero-order chi connectivity index (χ0) is 42.2. The fourth-order valence-corrected chi connectivity index (χ4v) is 6.82. The monoisotopic (exact) mass is 824 g/mol. The van der Waals surface area contributed by atoms with Gasteiger partial charge in [0.05, 0.1) is 28.9 Å². The van der Waals surface area contributed by atoms with Crippen LogP contribution in [0.1, 0.15) is 67.8 Å². The third kappa shape index (κ3) is 11.0. The van der Waals surface area contributed by atoms with E-state index in [4.69, 9.17) is 32.7 Å². The van der Waals surface area contributed by atoms with Crippen molar-refractivity contribution in [1.29, 1.82) is 0 Å². The van der Waals surface area contributed by atoms with Crippen molar-refractivity contribution >= 4 is 31.7 Å². The lowest BCUT2D eigenvalue weighted by Gasteiger charge is -2.44. The molecule has 0 saturated carbocycles. The fourth-order valence-electron chi connectivity index (χ4n) is 6.05. The highest BCUT2D eigenvalue weighted by atomic mass is 31.2. The maximum atomic E-state index is 13.8. The van der Waals surface area contributed by atoms with Crippen molar-refractivity contribution < 1.29 is 66.5 Å². The number of ether oxygens (including phenoxy) is 5. The van der Waals surface area contributed by atoms with Crippen LogP contribution in [-0.2, 0) is 38.2 Å². The van der Waals surface area contributed by atoms with E-state index in [0.29, 0.717) is 5.56 Å². The summed E-state index contributed by atoms with van der Waals surface area (Å²) in [5.41, 5.74) is 0.106. The molecule has 0 spiro atoms. The number of phosphoric acid groups is 1. The topological polar surface area (TPSA) is 190 Å². The molecule has 59 heavy (non-hydrogen) atoms. The van der Waals surface area contributed by atoms with E-state index in [9.17, 15) is 33.7 Å². The molecule has 6 atom stereocenters. The number of aromatic hydroxyl groups is 1. The summed E-state index contributed by atoms with van der Waals surface area (Å²) < 4.78 is 54.2. The fraction of sp³-hybridized carbons (Fsp3) is 0.227. The SMILES string of the molecule is CC(C)(C)c1cc(OP(=O)(O)OCC2OC(OC(=O)c3ccccc3)C(OC(=O)c3ccccc3)C(OC(=O)c3ccccc3)C2OC(=O)c2ccccc2)ccc1O. The Morgan fingerprint density at radius 1 is 0.593 bits per heavy atom. The van der Waals surface area contributed by atoms with E-state index in [1.807, 2.05) is 20.8 Å². The number of hydrogen-bond donors (Lipinski definition) is 2. The second kappa shape index (κ2) is 18.5. The number of carbonyl (C=O) groups is 4. The van der Waals surface area contributed by atoms with Gasteiger partial charge in [-0.25, -0.2) is 23.7 Å². The van der Waals surface area contributed by atoms with E-state index in [-0.39, 0.29) is 33.8 Å². The standard InChI is InChI=1S/C44H41O14P/c1-44(2,3)33-26-32(24-25-34(33)45)58-59(50,51)52-27-35-36(54-39(46)28-16-8-4-9-17-28)37(55-40(47)29-18-10-5-11-19-29)38(56-41(48)30-20-12-6-13-21-30)43(53-35)57-42(49)31-22-14-7-15-23-31/h4-26,35-38,43,45H,27H2,1-3H3,(H,50,51). The molecule has 5 aromatic carbocycles. The maximum Gasteiger partial charge on any atom is 0.527 e. The molecule has 6 unspecified atom stereocenters. The van der Waals surface area contributed by atoms with Crippen LogP contribution in [0, 0.1) is 0 Å². The Hall–Kier alpha value is -6.31. The summed E-state index contributed by atoms with van der Waals surface area (Å²) in [7, 11) is -5.06. The molecule has 1 aliphatic heterocycles. The molecule has 0 amide bonds. The van der Waals surface area contributed by atoms with E-state index in [2.05, 4.69) is 0 Å². The summed E-state index contributed by atoms with van der Waals surface area (Å²) in [4.78, 5) is 65.8. The number of rotatable bonds is 13. The summed E-state index contributed by atoms with van der Waals surface area (Å²) in [5.74, 6) is -3.97. The Morgan fingerprint density at radius 3 is 1.44 bits per heavy atom. The van der Waals surface area contributed by atoms with Gasteiger partial charge in [0.2, 0.25) is 12.4 Å². The minimum absolute atomic E-state index is 0.0580. The number of hydrogen-bond acceptors (Lipinski definition) is 13. The van der Waals surface area contributed by atoms with Gasteiger partial charge in [0.15, 0.2) is 12.2 Å². The van der Waals surface area contributed by atoms with Crippen LogP contribution in [0.25, 0.3) is 0 Å². The summed E-state index contributed by atoms with van der Waals surface area (Å²) in [6.45, 7) is 4.57. The maximum absolute atomic E-state index is 13.8.